The van der Waals surface area contributed by atoms with Gasteiger partial charge in [0.25, 0.3) is 5.91 Å². The van der Waals surface area contributed by atoms with Gasteiger partial charge in [0.15, 0.2) is 6.61 Å². The molecular weight excluding hydrogens is 394 g/mol. The summed E-state index contributed by atoms with van der Waals surface area (Å²) < 4.78 is 12.2. The predicted octanol–water partition coefficient (Wildman–Crippen LogP) is 3.66. The van der Waals surface area contributed by atoms with Crippen molar-refractivity contribution in [3.05, 3.63) is 82.6 Å². The highest BCUT2D eigenvalue weighted by atomic mass is 16.5. The first-order valence-corrected chi connectivity index (χ1v) is 10.0. The second-order valence-corrected chi connectivity index (χ2v) is 7.50. The number of ether oxygens (including phenoxy) is 1. The molecule has 0 radical (unpaired) electrons. The molecule has 2 heterocycles. The van der Waals surface area contributed by atoms with Crippen molar-refractivity contribution in [1.82, 2.24) is 14.7 Å². The van der Waals surface area contributed by atoms with E-state index in [1.54, 1.807) is 31.5 Å². The van der Waals surface area contributed by atoms with Crippen molar-refractivity contribution in [3.8, 4) is 0 Å². The van der Waals surface area contributed by atoms with Crippen LogP contribution < -0.4 is 0 Å². The maximum atomic E-state index is 12.1. The largest absolute Gasteiger partial charge is 0.467 e. The molecule has 162 valence electrons. The number of hydrogen-bond donors (Lipinski definition) is 0. The van der Waals surface area contributed by atoms with Crippen molar-refractivity contribution in [3.63, 3.8) is 0 Å². The van der Waals surface area contributed by atoms with Crippen LogP contribution in [0.1, 0.15) is 33.8 Å². The number of likely N-dealkylation sites (N-methyl/N-ethyl adjacent to an activating group) is 1. The smallest absolute Gasteiger partial charge is 0.331 e. The van der Waals surface area contributed by atoms with Gasteiger partial charge in [-0.25, -0.2) is 4.79 Å². The van der Waals surface area contributed by atoms with Crippen LogP contribution >= 0.6 is 0 Å². The average Bonchev–Trinajstić information content (AvgIpc) is 3.34. The molecule has 2 aromatic heterocycles. The molecule has 1 aromatic carbocycles. The maximum Gasteiger partial charge on any atom is 0.331 e. The van der Waals surface area contributed by atoms with Crippen molar-refractivity contribution in [2.45, 2.75) is 33.9 Å². The first kappa shape index (κ1) is 22.1. The molecule has 0 aliphatic rings. The van der Waals surface area contributed by atoms with Crippen LogP contribution in [0.3, 0.4) is 0 Å². The standard InChI is InChI=1S/C24H27N3O4/c1-17-7-9-20(10-8-17)14-27-19(3)22(18(2)25-27)11-12-24(29)31-16-23(28)26(4)15-21-6-5-13-30-21/h5-13H,14-16H2,1-4H3/b12-11+. The minimum absolute atomic E-state index is 0.309. The maximum absolute atomic E-state index is 12.1. The number of aromatic nitrogens is 2. The Labute approximate surface area is 181 Å². The van der Waals surface area contributed by atoms with Gasteiger partial charge in [-0.1, -0.05) is 29.8 Å². The summed E-state index contributed by atoms with van der Waals surface area (Å²) in [6.45, 7) is 6.56. The molecule has 7 nitrogen and oxygen atoms in total. The molecule has 0 saturated carbocycles. The summed E-state index contributed by atoms with van der Waals surface area (Å²) in [5, 5.41) is 4.58. The van der Waals surface area contributed by atoms with E-state index in [9.17, 15) is 9.59 Å². The van der Waals surface area contributed by atoms with Crippen molar-refractivity contribution in [2.24, 2.45) is 0 Å². The Bertz CT molecular complexity index is 1060. The Morgan fingerprint density at radius 3 is 2.58 bits per heavy atom. The molecule has 0 unspecified atom stereocenters. The zero-order valence-corrected chi connectivity index (χ0v) is 18.3. The lowest BCUT2D eigenvalue weighted by Gasteiger charge is -2.15. The number of aryl methyl sites for hydroxylation is 2. The molecule has 7 heteroatoms. The molecule has 0 bridgehead atoms. The Morgan fingerprint density at radius 2 is 1.90 bits per heavy atom. The van der Waals surface area contributed by atoms with Gasteiger partial charge in [-0.3, -0.25) is 9.48 Å². The average molecular weight is 421 g/mol. The summed E-state index contributed by atoms with van der Waals surface area (Å²) >= 11 is 0. The second-order valence-electron chi connectivity index (χ2n) is 7.50. The fraction of sp³-hybridized carbons (Fsp3) is 0.292. The molecule has 3 rings (SSSR count). The van der Waals surface area contributed by atoms with E-state index in [-0.39, 0.29) is 12.5 Å². The number of furan rings is 1. The molecule has 0 aliphatic carbocycles. The van der Waals surface area contributed by atoms with Gasteiger partial charge in [0.2, 0.25) is 0 Å². The van der Waals surface area contributed by atoms with Gasteiger partial charge in [-0.05, 0) is 44.5 Å². The highest BCUT2D eigenvalue weighted by Crippen LogP contribution is 2.17. The first-order valence-electron chi connectivity index (χ1n) is 10.0. The molecule has 31 heavy (non-hydrogen) atoms. The van der Waals surface area contributed by atoms with E-state index in [2.05, 4.69) is 36.3 Å². The number of nitrogens with zero attached hydrogens (tertiary/aromatic N) is 3. The fourth-order valence-corrected chi connectivity index (χ4v) is 3.14. The lowest BCUT2D eigenvalue weighted by Crippen LogP contribution is -2.30. The SMILES string of the molecule is Cc1ccc(Cn2nc(C)c(/C=C/C(=O)OCC(=O)N(C)Cc3ccco3)c2C)cc1. The van der Waals surface area contributed by atoms with Crippen LogP contribution in [0.2, 0.25) is 0 Å². The number of esters is 1. The van der Waals surface area contributed by atoms with Gasteiger partial charge in [0, 0.05) is 24.4 Å². The lowest BCUT2D eigenvalue weighted by atomic mass is 10.1. The third kappa shape index (κ3) is 5.94. The lowest BCUT2D eigenvalue weighted by molar-refractivity contribution is -0.147. The summed E-state index contributed by atoms with van der Waals surface area (Å²) in [5.74, 6) is -0.225. The summed E-state index contributed by atoms with van der Waals surface area (Å²) in [4.78, 5) is 25.7. The second kappa shape index (κ2) is 9.93. The van der Waals surface area contributed by atoms with Gasteiger partial charge in [0.1, 0.15) is 5.76 Å². The van der Waals surface area contributed by atoms with E-state index in [0.29, 0.717) is 18.8 Å². The number of rotatable bonds is 8. The predicted molar refractivity (Wildman–Crippen MR) is 117 cm³/mol. The highest BCUT2D eigenvalue weighted by Gasteiger charge is 2.13. The van der Waals surface area contributed by atoms with Crippen LogP contribution in [0.4, 0.5) is 0 Å². The van der Waals surface area contributed by atoms with E-state index in [0.717, 1.165) is 22.5 Å². The topological polar surface area (TPSA) is 77.6 Å². The van der Waals surface area contributed by atoms with Gasteiger partial charge in [-0.15, -0.1) is 0 Å². The molecule has 0 atom stereocenters. The Morgan fingerprint density at radius 1 is 1.16 bits per heavy atom. The molecule has 1 amide bonds. The van der Waals surface area contributed by atoms with Crippen LogP contribution in [0.25, 0.3) is 6.08 Å². The molecule has 0 N–H and O–H groups in total. The Balaban J connectivity index is 1.55. The van der Waals surface area contributed by atoms with E-state index in [1.807, 2.05) is 18.5 Å². The van der Waals surface area contributed by atoms with Crippen molar-refractivity contribution >= 4 is 18.0 Å². The molecule has 0 fully saturated rings. The van der Waals surface area contributed by atoms with Crippen LogP contribution in [-0.4, -0.2) is 40.2 Å². The molecule has 3 aromatic rings. The molecular formula is C24H27N3O4. The minimum Gasteiger partial charge on any atom is -0.467 e. The number of benzene rings is 1. The zero-order chi connectivity index (χ0) is 22.4. The monoisotopic (exact) mass is 421 g/mol. The summed E-state index contributed by atoms with van der Waals surface area (Å²) in [6, 6.07) is 11.8. The third-order valence-corrected chi connectivity index (χ3v) is 5.01. The number of carbonyl (C=O) groups excluding carboxylic acids is 2. The molecule has 0 saturated heterocycles. The Hall–Kier alpha value is -3.61. The van der Waals surface area contributed by atoms with Gasteiger partial charge in [0.05, 0.1) is 25.0 Å². The fourth-order valence-electron chi connectivity index (χ4n) is 3.14. The highest BCUT2D eigenvalue weighted by molar-refractivity contribution is 5.89. The summed E-state index contributed by atoms with van der Waals surface area (Å²) in [7, 11) is 1.63. The van der Waals surface area contributed by atoms with Crippen LogP contribution in [0.15, 0.2) is 53.2 Å². The number of hydrogen-bond acceptors (Lipinski definition) is 5. The van der Waals surface area contributed by atoms with Crippen molar-refractivity contribution in [1.29, 1.82) is 0 Å². The third-order valence-electron chi connectivity index (χ3n) is 5.01. The van der Waals surface area contributed by atoms with E-state index >= 15 is 0 Å². The molecule has 0 spiro atoms. The van der Waals surface area contributed by atoms with Crippen molar-refractivity contribution in [2.75, 3.05) is 13.7 Å². The normalized spacial score (nSPS) is 11.1. The molecule has 0 aliphatic heterocycles. The number of carbonyl (C=O) groups is 2. The zero-order valence-electron chi connectivity index (χ0n) is 18.3. The van der Waals surface area contributed by atoms with Crippen LogP contribution in [-0.2, 0) is 27.4 Å². The number of amides is 1. The summed E-state index contributed by atoms with van der Waals surface area (Å²) in [6.07, 6.45) is 4.56. The van der Waals surface area contributed by atoms with Gasteiger partial charge < -0.3 is 14.1 Å². The Kier molecular flexibility index (Phi) is 7.07. The summed E-state index contributed by atoms with van der Waals surface area (Å²) in [5.41, 5.74) is 5.01. The quantitative estimate of drug-likeness (QED) is 0.410. The minimum atomic E-state index is -0.579. The van der Waals surface area contributed by atoms with Crippen LogP contribution in [0, 0.1) is 20.8 Å². The first-order chi connectivity index (χ1) is 14.8. The van der Waals surface area contributed by atoms with Crippen LogP contribution in [0.5, 0.6) is 0 Å². The van der Waals surface area contributed by atoms with E-state index < -0.39 is 5.97 Å². The van der Waals surface area contributed by atoms with Crippen molar-refractivity contribution < 1.29 is 18.7 Å². The van der Waals surface area contributed by atoms with Gasteiger partial charge in [-0.2, -0.15) is 5.10 Å². The van der Waals surface area contributed by atoms with E-state index in [1.165, 1.54) is 16.5 Å². The van der Waals surface area contributed by atoms with E-state index in [4.69, 9.17) is 9.15 Å². The van der Waals surface area contributed by atoms with Gasteiger partial charge >= 0.3 is 5.97 Å².